The molecular weight excluding hydrogens is 455 g/mol. The normalized spacial score (nSPS) is 11.5. The van der Waals surface area contributed by atoms with Gasteiger partial charge in [0, 0.05) is 12.1 Å². The number of para-hydroxylation sites is 1. The molecule has 2 amide bonds. The zero-order valence-electron chi connectivity index (χ0n) is 17.1. The maximum atomic E-state index is 13.6. The van der Waals surface area contributed by atoms with Gasteiger partial charge in [0.1, 0.15) is 0 Å². The molecule has 0 fully saturated rings. The molecule has 2 heterocycles. The summed E-state index contributed by atoms with van der Waals surface area (Å²) in [7, 11) is 0. The molecule has 10 heteroatoms. The number of anilines is 2. The second-order valence-electron chi connectivity index (χ2n) is 7.17. The summed E-state index contributed by atoms with van der Waals surface area (Å²) < 4.78 is 46.7. The van der Waals surface area contributed by atoms with E-state index in [-0.39, 0.29) is 23.6 Å². The first-order valence-corrected chi connectivity index (χ1v) is 10.8. The van der Waals surface area contributed by atoms with Gasteiger partial charge < -0.3 is 15.1 Å². The highest BCUT2D eigenvalue weighted by Crippen LogP contribution is 2.37. The molecule has 2 aromatic heterocycles. The molecule has 0 saturated heterocycles. The van der Waals surface area contributed by atoms with Crippen LogP contribution < -0.4 is 10.6 Å². The number of alkyl halides is 3. The molecule has 4 aromatic rings. The van der Waals surface area contributed by atoms with Crippen LogP contribution in [0.15, 0.2) is 65.3 Å². The molecule has 0 atom stereocenters. The van der Waals surface area contributed by atoms with Crippen molar-refractivity contribution in [2.24, 2.45) is 0 Å². The lowest BCUT2D eigenvalue weighted by molar-refractivity contribution is -0.136. The highest BCUT2D eigenvalue weighted by Gasteiger charge is 2.34. The minimum atomic E-state index is -4.73. The number of thiazole rings is 1. The summed E-state index contributed by atoms with van der Waals surface area (Å²) in [4.78, 5) is 28.8. The molecule has 0 aliphatic heterocycles. The number of carbonyl (C=O) groups excluding carboxylic acids is 2. The van der Waals surface area contributed by atoms with E-state index in [2.05, 4.69) is 15.6 Å². The number of rotatable bonds is 7. The van der Waals surface area contributed by atoms with E-state index in [1.807, 2.05) is 24.3 Å². The van der Waals surface area contributed by atoms with Crippen molar-refractivity contribution in [1.82, 2.24) is 4.98 Å². The lowest BCUT2D eigenvalue weighted by Crippen LogP contribution is -2.18. The minimum absolute atomic E-state index is 0.0333. The Morgan fingerprint density at radius 1 is 1.03 bits per heavy atom. The summed E-state index contributed by atoms with van der Waals surface area (Å²) in [5.74, 6) is -1.25. The van der Waals surface area contributed by atoms with E-state index < -0.39 is 23.6 Å². The van der Waals surface area contributed by atoms with Gasteiger partial charge in [-0.1, -0.05) is 12.1 Å². The minimum Gasteiger partial charge on any atom is -0.459 e. The quantitative estimate of drug-likeness (QED) is 0.339. The van der Waals surface area contributed by atoms with E-state index in [0.29, 0.717) is 12.8 Å². The van der Waals surface area contributed by atoms with Crippen molar-refractivity contribution in [3.8, 4) is 0 Å². The van der Waals surface area contributed by atoms with Crippen molar-refractivity contribution in [1.29, 1.82) is 0 Å². The Balaban J connectivity index is 1.39. The Hall–Kier alpha value is -3.66. The standard InChI is InChI=1S/C23H18F3N3O3S/c24-23(25,26)15-13-14(27-22(31)18-6-4-12-32-18)10-11-16(15)28-20(30)8-3-9-21-29-17-5-1-2-7-19(17)33-21/h1-2,4-7,10-13H,3,8-9H2,(H,27,31)(H,28,30). The molecular formula is C23H18F3N3O3S. The van der Waals surface area contributed by atoms with Crippen molar-refractivity contribution in [2.45, 2.75) is 25.4 Å². The third-order valence-electron chi connectivity index (χ3n) is 4.73. The van der Waals surface area contributed by atoms with Crippen molar-refractivity contribution in [2.75, 3.05) is 10.6 Å². The second-order valence-corrected chi connectivity index (χ2v) is 8.28. The first-order chi connectivity index (χ1) is 15.8. The molecule has 0 aliphatic rings. The predicted octanol–water partition coefficient (Wildman–Crippen LogP) is 6.12. The third kappa shape index (κ3) is 5.58. The van der Waals surface area contributed by atoms with Crippen LogP contribution in [0.2, 0.25) is 0 Å². The van der Waals surface area contributed by atoms with Crippen LogP contribution in [0.3, 0.4) is 0 Å². The number of furan rings is 1. The van der Waals surface area contributed by atoms with Gasteiger partial charge in [-0.3, -0.25) is 9.59 Å². The van der Waals surface area contributed by atoms with Crippen LogP contribution in [0.5, 0.6) is 0 Å². The van der Waals surface area contributed by atoms with Crippen molar-refractivity contribution >= 4 is 44.7 Å². The molecule has 2 aromatic carbocycles. The summed E-state index contributed by atoms with van der Waals surface area (Å²) in [6.07, 6.45) is -2.40. The van der Waals surface area contributed by atoms with E-state index >= 15 is 0 Å². The smallest absolute Gasteiger partial charge is 0.418 e. The van der Waals surface area contributed by atoms with Gasteiger partial charge in [-0.15, -0.1) is 11.3 Å². The Labute approximate surface area is 190 Å². The Bertz CT molecular complexity index is 1250. The van der Waals surface area contributed by atoms with Gasteiger partial charge in [0.2, 0.25) is 5.91 Å². The van der Waals surface area contributed by atoms with Gasteiger partial charge in [-0.05, 0) is 55.3 Å². The number of aromatic nitrogens is 1. The maximum absolute atomic E-state index is 13.6. The number of carbonyl (C=O) groups is 2. The number of hydrogen-bond acceptors (Lipinski definition) is 5. The molecule has 33 heavy (non-hydrogen) atoms. The van der Waals surface area contributed by atoms with Crippen molar-refractivity contribution in [3.05, 3.63) is 77.2 Å². The number of fused-ring (bicyclic) bond motifs is 1. The predicted molar refractivity (Wildman–Crippen MR) is 119 cm³/mol. The molecule has 0 radical (unpaired) electrons. The molecule has 0 unspecified atom stereocenters. The number of nitrogens with one attached hydrogen (secondary N) is 2. The first kappa shape index (κ1) is 22.5. The monoisotopic (exact) mass is 473 g/mol. The number of hydrogen-bond donors (Lipinski definition) is 2. The fourth-order valence-corrected chi connectivity index (χ4v) is 4.21. The summed E-state index contributed by atoms with van der Waals surface area (Å²) in [6.45, 7) is 0. The fourth-order valence-electron chi connectivity index (χ4n) is 3.21. The Morgan fingerprint density at radius 2 is 1.85 bits per heavy atom. The van der Waals surface area contributed by atoms with Crippen LogP contribution in [-0.2, 0) is 17.4 Å². The summed E-state index contributed by atoms with van der Waals surface area (Å²) in [6, 6.07) is 13.7. The highest BCUT2D eigenvalue weighted by atomic mass is 32.1. The van der Waals surface area contributed by atoms with Gasteiger partial charge in [-0.25, -0.2) is 4.98 Å². The number of halogens is 3. The van der Waals surface area contributed by atoms with Crippen LogP contribution in [0.1, 0.15) is 34.0 Å². The van der Waals surface area contributed by atoms with E-state index in [4.69, 9.17) is 4.42 Å². The molecule has 2 N–H and O–H groups in total. The summed E-state index contributed by atoms with van der Waals surface area (Å²) in [5, 5.41) is 5.55. The molecule has 0 aliphatic carbocycles. The molecule has 4 rings (SSSR count). The van der Waals surface area contributed by atoms with Crippen molar-refractivity contribution < 1.29 is 27.2 Å². The molecule has 6 nitrogen and oxygen atoms in total. The average Bonchev–Trinajstić information content (AvgIpc) is 3.44. The highest BCUT2D eigenvalue weighted by molar-refractivity contribution is 7.18. The fraction of sp³-hybridized carbons (Fsp3) is 0.174. The van der Waals surface area contributed by atoms with Gasteiger partial charge in [0.15, 0.2) is 5.76 Å². The van der Waals surface area contributed by atoms with Crippen LogP contribution in [0.25, 0.3) is 10.2 Å². The number of amides is 2. The number of nitrogens with zero attached hydrogens (tertiary/aromatic N) is 1. The number of aryl methyl sites for hydroxylation is 1. The lowest BCUT2D eigenvalue weighted by Gasteiger charge is -2.15. The van der Waals surface area contributed by atoms with Crippen LogP contribution in [0.4, 0.5) is 24.5 Å². The molecule has 0 bridgehead atoms. The van der Waals surface area contributed by atoms with E-state index in [0.717, 1.165) is 27.4 Å². The Morgan fingerprint density at radius 3 is 2.58 bits per heavy atom. The van der Waals surface area contributed by atoms with E-state index in [1.165, 1.54) is 35.8 Å². The topological polar surface area (TPSA) is 84.2 Å². The third-order valence-corrected chi connectivity index (χ3v) is 5.83. The van der Waals surface area contributed by atoms with Crippen molar-refractivity contribution in [3.63, 3.8) is 0 Å². The molecule has 0 spiro atoms. The van der Waals surface area contributed by atoms with Crippen LogP contribution >= 0.6 is 11.3 Å². The van der Waals surface area contributed by atoms with Gasteiger partial charge in [-0.2, -0.15) is 13.2 Å². The van der Waals surface area contributed by atoms with E-state index in [1.54, 1.807) is 0 Å². The molecule has 0 saturated carbocycles. The maximum Gasteiger partial charge on any atom is 0.418 e. The summed E-state index contributed by atoms with van der Waals surface area (Å²) >= 11 is 1.53. The zero-order chi connectivity index (χ0) is 23.4. The second kappa shape index (κ2) is 9.45. The van der Waals surface area contributed by atoms with Gasteiger partial charge >= 0.3 is 6.18 Å². The van der Waals surface area contributed by atoms with Gasteiger partial charge in [0.05, 0.1) is 32.7 Å². The first-order valence-electron chi connectivity index (χ1n) is 10.00. The number of benzene rings is 2. The molecule has 170 valence electrons. The Kier molecular flexibility index (Phi) is 6.45. The van der Waals surface area contributed by atoms with Crippen LogP contribution in [0, 0.1) is 0 Å². The largest absolute Gasteiger partial charge is 0.459 e. The average molecular weight is 473 g/mol. The van der Waals surface area contributed by atoms with E-state index in [9.17, 15) is 22.8 Å². The zero-order valence-corrected chi connectivity index (χ0v) is 17.9. The lowest BCUT2D eigenvalue weighted by atomic mass is 10.1. The van der Waals surface area contributed by atoms with Crippen LogP contribution in [-0.4, -0.2) is 16.8 Å². The van der Waals surface area contributed by atoms with Gasteiger partial charge in [0.25, 0.3) is 5.91 Å². The SMILES string of the molecule is O=C(CCCc1nc2ccccc2s1)Nc1ccc(NC(=O)c2ccco2)cc1C(F)(F)F. The summed E-state index contributed by atoms with van der Waals surface area (Å²) in [5.41, 5.74) is -0.615.